The smallest absolute Gasteiger partial charge is 0.271 e. The van der Waals surface area contributed by atoms with Gasteiger partial charge < -0.3 is 14.6 Å². The second-order valence-electron chi connectivity index (χ2n) is 8.59. The molecular weight excluding hydrogens is 556 g/mol. The lowest BCUT2D eigenvalue weighted by molar-refractivity contribution is -0.114. The number of aromatic nitrogens is 1. The van der Waals surface area contributed by atoms with Crippen LogP contribution in [0.15, 0.2) is 74.1 Å². The average molecular weight is 579 g/mol. The van der Waals surface area contributed by atoms with Gasteiger partial charge in [-0.15, -0.1) is 0 Å². The quantitative estimate of drug-likeness (QED) is 0.377. The number of allylic oxidation sites excluding steroid dienone is 2. The van der Waals surface area contributed by atoms with E-state index >= 15 is 0 Å². The van der Waals surface area contributed by atoms with Crippen LogP contribution in [0.3, 0.4) is 0 Å². The molecule has 0 unspecified atom stereocenters. The van der Waals surface area contributed by atoms with Gasteiger partial charge in [-0.25, -0.2) is 4.99 Å². The summed E-state index contributed by atoms with van der Waals surface area (Å²) < 4.78 is 13.6. The largest absolute Gasteiger partial charge is 0.504 e. The second kappa shape index (κ2) is 9.64. The Labute approximate surface area is 224 Å². The molecule has 0 aliphatic carbocycles. The second-order valence-corrected chi connectivity index (χ2v) is 10.4. The van der Waals surface area contributed by atoms with Crippen LogP contribution in [-0.4, -0.2) is 29.7 Å². The Bertz CT molecular complexity index is 1800. The summed E-state index contributed by atoms with van der Waals surface area (Å²) in [6.07, 6.45) is 1.72. The summed E-state index contributed by atoms with van der Waals surface area (Å²) in [5.74, 6) is 0.687. The number of carbonyl (C=O) groups excluding carboxylic acids is 1. The molecule has 3 aromatic carbocycles. The molecule has 1 aliphatic rings. The molecule has 1 N–H and O–H groups in total. The van der Waals surface area contributed by atoms with Gasteiger partial charge in [0.05, 0.1) is 24.8 Å². The molecule has 1 aromatic heterocycles. The Hall–Kier alpha value is -3.69. The van der Waals surface area contributed by atoms with E-state index in [1.54, 1.807) is 30.7 Å². The summed E-state index contributed by atoms with van der Waals surface area (Å²) in [5.41, 5.74) is 2.12. The zero-order valence-corrected chi connectivity index (χ0v) is 22.9. The fourth-order valence-electron chi connectivity index (χ4n) is 4.75. The number of methoxy groups -OCH3 is 2. The topological polar surface area (TPSA) is 90.1 Å². The van der Waals surface area contributed by atoms with Gasteiger partial charge in [-0.3, -0.25) is 14.2 Å². The van der Waals surface area contributed by atoms with Crippen LogP contribution >= 0.6 is 27.3 Å². The lowest BCUT2D eigenvalue weighted by atomic mass is 9.89. The summed E-state index contributed by atoms with van der Waals surface area (Å²) in [6.45, 7) is 3.29. The summed E-state index contributed by atoms with van der Waals surface area (Å²) in [4.78, 5) is 32.1. The summed E-state index contributed by atoms with van der Waals surface area (Å²) in [5, 5.41) is 11.9. The van der Waals surface area contributed by atoms with Gasteiger partial charge in [0.1, 0.15) is 5.75 Å². The third-order valence-corrected chi connectivity index (χ3v) is 8.08. The van der Waals surface area contributed by atoms with Crippen LogP contribution < -0.4 is 24.4 Å². The first-order valence-electron chi connectivity index (χ1n) is 11.4. The normalized spacial score (nSPS) is 15.5. The molecule has 2 heterocycles. The van der Waals surface area contributed by atoms with Gasteiger partial charge in [0.2, 0.25) is 0 Å². The molecule has 4 aromatic rings. The summed E-state index contributed by atoms with van der Waals surface area (Å²) in [7, 11) is 3.04. The van der Waals surface area contributed by atoms with Gasteiger partial charge in [0.25, 0.3) is 5.56 Å². The molecule has 1 atom stereocenters. The van der Waals surface area contributed by atoms with Crippen LogP contribution in [0, 0.1) is 0 Å². The zero-order chi connectivity index (χ0) is 26.4. The number of thiazole rings is 1. The van der Waals surface area contributed by atoms with Crippen molar-refractivity contribution >= 4 is 49.9 Å². The van der Waals surface area contributed by atoms with E-state index in [-0.39, 0.29) is 22.8 Å². The Kier molecular flexibility index (Phi) is 6.51. The standard InChI is InChI=1S/C28H23BrN2O5S/c1-14-24(15(2)32)26(25-18-8-6-5-7-16(18)9-10-21(25)35-3)31-27(34)23(37-28(31)30-14)12-17-11-22(36-4)20(33)13-19(17)29/h5-13,26,33H,1-4H3/b23-12+/t26-/m0/s1. The number of ether oxygens (including phenoxy) is 2. The fraction of sp³-hybridized carbons (Fsp3) is 0.179. The monoisotopic (exact) mass is 578 g/mol. The van der Waals surface area contributed by atoms with Crippen LogP contribution in [-0.2, 0) is 4.79 Å². The minimum atomic E-state index is -0.713. The molecule has 7 nitrogen and oxygen atoms in total. The number of aromatic hydroxyl groups is 1. The first-order valence-corrected chi connectivity index (χ1v) is 13.0. The van der Waals surface area contributed by atoms with Crippen LogP contribution in [0.2, 0.25) is 0 Å². The third kappa shape index (κ3) is 4.18. The SMILES string of the molecule is COc1cc(/C=c2/sc3n(c2=O)[C@H](c2c(OC)ccc4ccccc24)C(C(C)=O)=C(C)N=3)c(Br)cc1O. The molecule has 0 saturated heterocycles. The van der Waals surface area contributed by atoms with Crippen LogP contribution in [0.5, 0.6) is 17.2 Å². The van der Waals surface area contributed by atoms with E-state index in [4.69, 9.17) is 9.47 Å². The maximum atomic E-state index is 14.0. The van der Waals surface area contributed by atoms with E-state index in [1.165, 1.54) is 31.4 Å². The molecule has 188 valence electrons. The van der Waals surface area contributed by atoms with Crippen molar-refractivity contribution in [3.63, 3.8) is 0 Å². The number of halogens is 1. The molecule has 0 radical (unpaired) electrons. The van der Waals surface area contributed by atoms with Crippen molar-refractivity contribution in [1.82, 2.24) is 4.57 Å². The number of phenolic OH excluding ortho intramolecular Hbond substituents is 1. The molecule has 5 rings (SSSR count). The van der Waals surface area contributed by atoms with E-state index in [9.17, 15) is 14.7 Å². The van der Waals surface area contributed by atoms with Gasteiger partial charge in [-0.05, 0) is 54.5 Å². The third-order valence-electron chi connectivity index (χ3n) is 6.41. The number of fused-ring (bicyclic) bond motifs is 2. The van der Waals surface area contributed by atoms with Crippen molar-refractivity contribution in [1.29, 1.82) is 0 Å². The Balaban J connectivity index is 1.85. The molecule has 0 spiro atoms. The molecule has 37 heavy (non-hydrogen) atoms. The number of benzene rings is 3. The van der Waals surface area contributed by atoms with E-state index in [0.717, 1.165) is 16.3 Å². The highest BCUT2D eigenvalue weighted by molar-refractivity contribution is 9.10. The first-order chi connectivity index (χ1) is 17.7. The minimum absolute atomic E-state index is 0.0160. The lowest BCUT2D eigenvalue weighted by Crippen LogP contribution is -2.39. The number of hydrogen-bond acceptors (Lipinski definition) is 7. The van der Waals surface area contributed by atoms with Crippen molar-refractivity contribution in [2.45, 2.75) is 19.9 Å². The Morgan fingerprint density at radius 1 is 1.14 bits per heavy atom. The number of nitrogens with zero attached hydrogens (tertiary/aromatic N) is 2. The van der Waals surface area contributed by atoms with Crippen molar-refractivity contribution in [2.75, 3.05) is 14.2 Å². The van der Waals surface area contributed by atoms with Crippen molar-refractivity contribution < 1.29 is 19.4 Å². The van der Waals surface area contributed by atoms with E-state index in [1.807, 2.05) is 36.4 Å². The number of ketones is 1. The highest BCUT2D eigenvalue weighted by Gasteiger charge is 2.33. The minimum Gasteiger partial charge on any atom is -0.504 e. The fourth-order valence-corrected chi connectivity index (χ4v) is 6.24. The molecule has 0 saturated carbocycles. The highest BCUT2D eigenvalue weighted by atomic mass is 79.9. The summed E-state index contributed by atoms with van der Waals surface area (Å²) >= 11 is 4.69. The van der Waals surface area contributed by atoms with Gasteiger partial charge in [-0.2, -0.15) is 0 Å². The van der Waals surface area contributed by atoms with Crippen molar-refractivity contribution in [3.8, 4) is 17.2 Å². The van der Waals surface area contributed by atoms with Crippen molar-refractivity contribution in [3.05, 3.63) is 95.1 Å². The predicted molar refractivity (Wildman–Crippen MR) is 147 cm³/mol. The molecule has 0 fully saturated rings. The summed E-state index contributed by atoms with van der Waals surface area (Å²) in [6, 6.07) is 14.1. The number of Topliss-reactive ketones (excluding diaryl/α,β-unsaturated/α-hetero) is 1. The van der Waals surface area contributed by atoms with Gasteiger partial charge in [0, 0.05) is 21.3 Å². The lowest BCUT2D eigenvalue weighted by Gasteiger charge is -2.27. The van der Waals surface area contributed by atoms with Gasteiger partial charge in [-0.1, -0.05) is 57.6 Å². The Morgan fingerprint density at radius 3 is 2.57 bits per heavy atom. The molecule has 9 heteroatoms. The van der Waals surface area contributed by atoms with Crippen molar-refractivity contribution in [2.24, 2.45) is 4.99 Å². The molecule has 0 amide bonds. The first kappa shape index (κ1) is 25.0. The number of rotatable bonds is 5. The van der Waals surface area contributed by atoms with Gasteiger partial charge >= 0.3 is 0 Å². The van der Waals surface area contributed by atoms with E-state index in [2.05, 4.69) is 20.9 Å². The maximum Gasteiger partial charge on any atom is 0.271 e. The Morgan fingerprint density at radius 2 is 1.86 bits per heavy atom. The maximum absolute atomic E-state index is 14.0. The number of hydrogen-bond donors (Lipinski definition) is 1. The van der Waals surface area contributed by atoms with Crippen LogP contribution in [0.1, 0.15) is 31.0 Å². The highest BCUT2D eigenvalue weighted by Crippen LogP contribution is 2.40. The van der Waals surface area contributed by atoms with Crippen LogP contribution in [0.25, 0.3) is 16.8 Å². The number of phenols is 1. The predicted octanol–water partition coefficient (Wildman–Crippen LogP) is 4.46. The molecule has 1 aliphatic heterocycles. The van der Waals surface area contributed by atoms with E-state index in [0.29, 0.717) is 36.4 Å². The van der Waals surface area contributed by atoms with Crippen LogP contribution in [0.4, 0.5) is 0 Å². The number of carbonyl (C=O) groups is 1. The molecular formula is C28H23BrN2O5S. The van der Waals surface area contributed by atoms with E-state index < -0.39 is 6.04 Å². The van der Waals surface area contributed by atoms with Gasteiger partial charge in [0.15, 0.2) is 22.1 Å². The molecule has 0 bridgehead atoms. The average Bonchev–Trinajstić information content (AvgIpc) is 3.18. The zero-order valence-electron chi connectivity index (χ0n) is 20.5.